The molecule has 7 heteroatoms. The van der Waals surface area contributed by atoms with E-state index in [4.69, 9.17) is 16.7 Å². The number of carboxylic acids is 1. The Morgan fingerprint density at radius 2 is 2.17 bits per heavy atom. The summed E-state index contributed by atoms with van der Waals surface area (Å²) in [7, 11) is 0. The number of hydrogen-bond donors (Lipinski definition) is 3. The van der Waals surface area contributed by atoms with Crippen molar-refractivity contribution in [3.05, 3.63) is 22.8 Å². The molecule has 18 heavy (non-hydrogen) atoms. The highest BCUT2D eigenvalue weighted by molar-refractivity contribution is 6.29. The molecule has 0 aliphatic heterocycles. The van der Waals surface area contributed by atoms with E-state index in [1.54, 1.807) is 0 Å². The first-order valence-electron chi connectivity index (χ1n) is 5.45. The summed E-state index contributed by atoms with van der Waals surface area (Å²) in [6, 6.07) is 2.77. The summed E-state index contributed by atoms with van der Waals surface area (Å²) in [5.41, 5.74) is 0.0234. The lowest BCUT2D eigenvalue weighted by molar-refractivity contribution is -0.120. The van der Waals surface area contributed by atoms with E-state index >= 15 is 0 Å². The Bertz CT molecular complexity index is 451. The predicted octanol–water partition coefficient (Wildman–Crippen LogP) is 1.37. The van der Waals surface area contributed by atoms with Crippen LogP contribution in [0, 0.1) is 0 Å². The number of rotatable bonds is 6. The van der Waals surface area contributed by atoms with E-state index in [9.17, 15) is 9.59 Å². The third kappa shape index (κ3) is 4.21. The molecule has 1 heterocycles. The Hall–Kier alpha value is -1.82. The molecule has 1 amide bonds. The number of aromatic carboxylic acids is 1. The highest BCUT2D eigenvalue weighted by Gasteiger charge is 2.12. The number of pyridine rings is 1. The van der Waals surface area contributed by atoms with Gasteiger partial charge in [0.2, 0.25) is 5.91 Å². The molecule has 6 nitrogen and oxygen atoms in total. The lowest BCUT2D eigenvalue weighted by Gasteiger charge is -2.08. The Morgan fingerprint density at radius 3 is 2.78 bits per heavy atom. The number of nitrogens with zero attached hydrogens (tertiary/aromatic N) is 1. The maximum absolute atomic E-state index is 11.2. The largest absolute Gasteiger partial charge is 0.478 e. The van der Waals surface area contributed by atoms with E-state index < -0.39 is 5.97 Å². The fourth-order valence-electron chi connectivity index (χ4n) is 1.32. The summed E-state index contributed by atoms with van der Waals surface area (Å²) in [6.45, 7) is 2.68. The average molecular weight is 272 g/mol. The van der Waals surface area contributed by atoms with E-state index in [1.807, 2.05) is 6.92 Å². The van der Waals surface area contributed by atoms with Gasteiger partial charge in [-0.15, -0.1) is 0 Å². The fourth-order valence-corrected chi connectivity index (χ4v) is 1.47. The van der Waals surface area contributed by atoms with Gasteiger partial charge in [-0.05, 0) is 19.1 Å². The van der Waals surface area contributed by atoms with Crippen molar-refractivity contribution in [1.82, 2.24) is 10.3 Å². The van der Waals surface area contributed by atoms with E-state index in [0.29, 0.717) is 13.1 Å². The molecule has 0 aliphatic rings. The summed E-state index contributed by atoms with van der Waals surface area (Å²) in [5, 5.41) is 14.6. The molecule has 0 unspecified atom stereocenters. The topological polar surface area (TPSA) is 91.3 Å². The van der Waals surface area contributed by atoms with Crippen molar-refractivity contribution in [1.29, 1.82) is 0 Å². The number of carbonyl (C=O) groups is 2. The molecule has 1 aromatic heterocycles. The van der Waals surface area contributed by atoms with Gasteiger partial charge in [0.15, 0.2) is 0 Å². The van der Waals surface area contributed by atoms with Crippen LogP contribution in [0.25, 0.3) is 0 Å². The minimum absolute atomic E-state index is 0.0234. The first-order valence-corrected chi connectivity index (χ1v) is 5.82. The van der Waals surface area contributed by atoms with Crippen molar-refractivity contribution in [2.45, 2.75) is 13.3 Å². The van der Waals surface area contributed by atoms with Gasteiger partial charge in [-0.3, -0.25) is 4.79 Å². The second-order valence-corrected chi connectivity index (χ2v) is 3.85. The van der Waals surface area contributed by atoms with Gasteiger partial charge in [0, 0.05) is 19.5 Å². The van der Waals surface area contributed by atoms with Gasteiger partial charge in [-0.2, -0.15) is 0 Å². The molecule has 0 radical (unpaired) electrons. The molecule has 0 saturated heterocycles. The van der Waals surface area contributed by atoms with Crippen molar-refractivity contribution in [2.24, 2.45) is 0 Å². The van der Waals surface area contributed by atoms with Gasteiger partial charge >= 0.3 is 5.97 Å². The zero-order valence-electron chi connectivity index (χ0n) is 9.86. The molecule has 1 aromatic rings. The van der Waals surface area contributed by atoms with Crippen LogP contribution in [0.15, 0.2) is 12.1 Å². The van der Waals surface area contributed by atoms with Crippen LogP contribution < -0.4 is 10.6 Å². The van der Waals surface area contributed by atoms with Crippen LogP contribution in [0.2, 0.25) is 5.15 Å². The van der Waals surface area contributed by atoms with Gasteiger partial charge in [0.25, 0.3) is 0 Å². The van der Waals surface area contributed by atoms with Crippen LogP contribution in [0.5, 0.6) is 0 Å². The van der Waals surface area contributed by atoms with Gasteiger partial charge in [-0.25, -0.2) is 9.78 Å². The summed E-state index contributed by atoms with van der Waals surface area (Å²) in [4.78, 5) is 26.0. The maximum Gasteiger partial charge on any atom is 0.339 e. The number of carboxylic acid groups (broad SMARTS) is 1. The smallest absolute Gasteiger partial charge is 0.339 e. The zero-order valence-corrected chi connectivity index (χ0v) is 10.6. The monoisotopic (exact) mass is 271 g/mol. The lowest BCUT2D eigenvalue weighted by Crippen LogP contribution is -2.25. The second kappa shape index (κ2) is 6.80. The minimum atomic E-state index is -1.10. The lowest BCUT2D eigenvalue weighted by atomic mass is 10.2. The summed E-state index contributed by atoms with van der Waals surface area (Å²) in [5.74, 6) is -1.04. The first-order chi connectivity index (χ1) is 8.54. The summed E-state index contributed by atoms with van der Waals surface area (Å²) < 4.78 is 0. The fraction of sp³-hybridized carbons (Fsp3) is 0.364. The van der Waals surface area contributed by atoms with Crippen molar-refractivity contribution >= 4 is 29.3 Å². The molecule has 98 valence electrons. The maximum atomic E-state index is 11.2. The molecule has 0 aromatic carbocycles. The molecule has 0 fully saturated rings. The Morgan fingerprint density at radius 1 is 1.44 bits per heavy atom. The molecule has 0 saturated carbocycles. The number of carbonyl (C=O) groups excluding carboxylic acids is 1. The molecule has 3 N–H and O–H groups in total. The summed E-state index contributed by atoms with van der Waals surface area (Å²) >= 11 is 5.69. The highest BCUT2D eigenvalue weighted by Crippen LogP contribution is 2.16. The third-order valence-electron chi connectivity index (χ3n) is 2.11. The van der Waals surface area contributed by atoms with Crippen molar-refractivity contribution in [3.8, 4) is 0 Å². The van der Waals surface area contributed by atoms with E-state index in [-0.39, 0.29) is 28.9 Å². The van der Waals surface area contributed by atoms with Gasteiger partial charge in [0.05, 0.1) is 0 Å². The van der Waals surface area contributed by atoms with Crippen molar-refractivity contribution < 1.29 is 14.7 Å². The average Bonchev–Trinajstić information content (AvgIpc) is 2.29. The van der Waals surface area contributed by atoms with Crippen LogP contribution >= 0.6 is 11.6 Å². The van der Waals surface area contributed by atoms with Gasteiger partial charge in [-0.1, -0.05) is 11.6 Å². The Labute approximate surface area is 109 Å². The molecule has 0 atom stereocenters. The predicted molar refractivity (Wildman–Crippen MR) is 68.0 cm³/mol. The number of hydrogen-bond acceptors (Lipinski definition) is 4. The minimum Gasteiger partial charge on any atom is -0.478 e. The number of nitrogens with one attached hydrogen (secondary N) is 2. The Balaban J connectivity index is 2.63. The third-order valence-corrected chi connectivity index (χ3v) is 2.32. The molecule has 0 aliphatic carbocycles. The standard InChI is InChI=1S/C11H14ClN3O3/c1-2-13-9(16)5-6-14-10-7(11(17)18)3-4-8(12)15-10/h3-4H,2,5-6H2,1H3,(H,13,16)(H,14,15)(H,17,18). The van der Waals surface area contributed by atoms with Crippen LogP contribution in [0.3, 0.4) is 0 Å². The molecule has 1 rings (SSSR count). The molecular weight excluding hydrogens is 258 g/mol. The van der Waals surface area contributed by atoms with Crippen molar-refractivity contribution in [2.75, 3.05) is 18.4 Å². The number of halogens is 1. The van der Waals surface area contributed by atoms with E-state index in [1.165, 1.54) is 12.1 Å². The normalized spacial score (nSPS) is 9.89. The zero-order chi connectivity index (χ0) is 13.5. The van der Waals surface area contributed by atoms with Crippen molar-refractivity contribution in [3.63, 3.8) is 0 Å². The number of anilines is 1. The molecular formula is C11H14ClN3O3. The molecule has 0 bridgehead atoms. The SMILES string of the molecule is CCNC(=O)CCNc1nc(Cl)ccc1C(=O)O. The van der Waals surface area contributed by atoms with Gasteiger partial charge < -0.3 is 15.7 Å². The van der Waals surface area contributed by atoms with Crippen LogP contribution in [0.4, 0.5) is 5.82 Å². The number of amides is 1. The van der Waals surface area contributed by atoms with Gasteiger partial charge in [0.1, 0.15) is 16.5 Å². The quantitative estimate of drug-likeness (QED) is 0.680. The van der Waals surface area contributed by atoms with E-state index in [0.717, 1.165) is 0 Å². The van der Waals surface area contributed by atoms with Crippen LogP contribution in [-0.4, -0.2) is 35.1 Å². The van der Waals surface area contributed by atoms with Crippen LogP contribution in [-0.2, 0) is 4.79 Å². The highest BCUT2D eigenvalue weighted by atomic mass is 35.5. The van der Waals surface area contributed by atoms with E-state index in [2.05, 4.69) is 15.6 Å². The molecule has 0 spiro atoms. The van der Waals surface area contributed by atoms with Crippen LogP contribution in [0.1, 0.15) is 23.7 Å². The number of aromatic nitrogens is 1. The first kappa shape index (κ1) is 14.2. The summed E-state index contributed by atoms with van der Waals surface area (Å²) in [6.07, 6.45) is 0.237. The Kier molecular flexibility index (Phi) is 5.38. The second-order valence-electron chi connectivity index (χ2n) is 3.47.